The Morgan fingerprint density at radius 2 is 2.06 bits per heavy atom. The Morgan fingerprint density at radius 3 is 2.61 bits per heavy atom. The number of hydrogen-bond donors (Lipinski definition) is 3. The first kappa shape index (κ1) is 13.8. The molecule has 0 fully saturated rings. The molecule has 1 amide bonds. The van der Waals surface area contributed by atoms with Crippen LogP contribution >= 0.6 is 0 Å². The highest BCUT2D eigenvalue weighted by Crippen LogP contribution is 2.23. The molecule has 0 heterocycles. The number of carbonyl (C=O) groups is 2. The highest BCUT2D eigenvalue weighted by atomic mass is 16.5. The van der Waals surface area contributed by atoms with Gasteiger partial charge in [-0.1, -0.05) is 19.1 Å². The van der Waals surface area contributed by atoms with Crippen LogP contribution < -0.4 is 10.1 Å². The topological polar surface area (TPSA) is 95.9 Å². The summed E-state index contributed by atoms with van der Waals surface area (Å²) < 4.78 is 5.07. The van der Waals surface area contributed by atoms with Gasteiger partial charge < -0.3 is 20.3 Å². The molecule has 0 aliphatic carbocycles. The second kappa shape index (κ2) is 6.48. The van der Waals surface area contributed by atoms with E-state index < -0.39 is 17.9 Å². The molecule has 0 radical (unpaired) electrons. The zero-order chi connectivity index (χ0) is 13.5. The number of aliphatic carboxylic acids is 1. The van der Waals surface area contributed by atoms with Crippen LogP contribution in [0.4, 0.5) is 0 Å². The van der Waals surface area contributed by atoms with Gasteiger partial charge in [0.15, 0.2) is 18.1 Å². The first-order valence-electron chi connectivity index (χ1n) is 5.47. The quantitative estimate of drug-likeness (QED) is 0.695. The van der Waals surface area contributed by atoms with Crippen molar-refractivity contribution < 1.29 is 24.5 Å². The molecule has 0 unspecified atom stereocenters. The summed E-state index contributed by atoms with van der Waals surface area (Å²) in [6.45, 7) is 1.31. The second-order valence-corrected chi connectivity index (χ2v) is 3.62. The van der Waals surface area contributed by atoms with Crippen LogP contribution in [0.25, 0.3) is 0 Å². The van der Waals surface area contributed by atoms with Crippen LogP contribution in [0.15, 0.2) is 24.3 Å². The van der Waals surface area contributed by atoms with Gasteiger partial charge in [0.25, 0.3) is 5.91 Å². The highest BCUT2D eigenvalue weighted by molar-refractivity contribution is 5.84. The number of phenols is 1. The molecular weight excluding hydrogens is 238 g/mol. The molecule has 0 aliphatic heterocycles. The van der Waals surface area contributed by atoms with Gasteiger partial charge >= 0.3 is 5.97 Å². The van der Waals surface area contributed by atoms with E-state index in [1.807, 2.05) is 0 Å². The standard InChI is InChI=1S/C12H15NO5/c1-2-8(12(16)17)13-11(15)7-18-10-6-4-3-5-9(10)14/h3-6,8,14H,2,7H2,1H3,(H,13,15)(H,16,17)/t8-/m0/s1. The average Bonchev–Trinajstić information content (AvgIpc) is 2.34. The normalized spacial score (nSPS) is 11.6. The van der Waals surface area contributed by atoms with E-state index in [-0.39, 0.29) is 24.5 Å². The lowest BCUT2D eigenvalue weighted by Gasteiger charge is -2.13. The summed E-state index contributed by atoms with van der Waals surface area (Å²) in [6, 6.07) is 5.29. The lowest BCUT2D eigenvalue weighted by molar-refractivity contribution is -0.142. The van der Waals surface area contributed by atoms with E-state index in [1.54, 1.807) is 19.1 Å². The lowest BCUT2D eigenvalue weighted by Crippen LogP contribution is -2.42. The molecule has 0 aromatic heterocycles. The Morgan fingerprint density at radius 1 is 1.39 bits per heavy atom. The van der Waals surface area contributed by atoms with Crippen LogP contribution in [0.2, 0.25) is 0 Å². The van der Waals surface area contributed by atoms with Gasteiger partial charge in [-0.3, -0.25) is 4.79 Å². The fourth-order valence-electron chi connectivity index (χ4n) is 1.30. The highest BCUT2D eigenvalue weighted by Gasteiger charge is 2.17. The number of phenolic OH excluding ortho intramolecular Hbond substituents is 1. The SMILES string of the molecule is CC[C@H](NC(=O)COc1ccccc1O)C(=O)O. The van der Waals surface area contributed by atoms with Gasteiger partial charge in [0.1, 0.15) is 6.04 Å². The molecule has 98 valence electrons. The second-order valence-electron chi connectivity index (χ2n) is 3.62. The molecule has 6 heteroatoms. The Bertz CT molecular complexity index is 432. The van der Waals surface area contributed by atoms with E-state index in [1.165, 1.54) is 12.1 Å². The Labute approximate surface area is 104 Å². The zero-order valence-corrected chi connectivity index (χ0v) is 9.92. The third kappa shape index (κ3) is 3.97. The molecule has 1 atom stereocenters. The van der Waals surface area contributed by atoms with Crippen molar-refractivity contribution in [1.82, 2.24) is 5.32 Å². The zero-order valence-electron chi connectivity index (χ0n) is 9.92. The van der Waals surface area contributed by atoms with Crippen molar-refractivity contribution in [2.75, 3.05) is 6.61 Å². The average molecular weight is 253 g/mol. The van der Waals surface area contributed by atoms with Gasteiger partial charge in [0.2, 0.25) is 0 Å². The van der Waals surface area contributed by atoms with Gasteiger partial charge in [-0.2, -0.15) is 0 Å². The fourth-order valence-corrected chi connectivity index (χ4v) is 1.30. The maximum Gasteiger partial charge on any atom is 0.326 e. The third-order valence-electron chi connectivity index (χ3n) is 2.27. The number of benzene rings is 1. The fraction of sp³-hybridized carbons (Fsp3) is 0.333. The molecule has 6 nitrogen and oxygen atoms in total. The van der Waals surface area contributed by atoms with Crippen LogP contribution in [0.5, 0.6) is 11.5 Å². The lowest BCUT2D eigenvalue weighted by atomic mass is 10.2. The Hall–Kier alpha value is -2.24. The molecule has 1 rings (SSSR count). The van der Waals surface area contributed by atoms with Crippen molar-refractivity contribution in [3.8, 4) is 11.5 Å². The van der Waals surface area contributed by atoms with Crippen molar-refractivity contribution in [2.24, 2.45) is 0 Å². The number of carboxylic acids is 1. The molecule has 0 bridgehead atoms. The van der Waals surface area contributed by atoms with Gasteiger partial charge in [0.05, 0.1) is 0 Å². The maximum absolute atomic E-state index is 11.4. The van der Waals surface area contributed by atoms with Crippen molar-refractivity contribution >= 4 is 11.9 Å². The van der Waals surface area contributed by atoms with Crippen molar-refractivity contribution in [1.29, 1.82) is 0 Å². The van der Waals surface area contributed by atoms with Crippen molar-refractivity contribution in [2.45, 2.75) is 19.4 Å². The molecule has 0 spiro atoms. The van der Waals surface area contributed by atoms with Gasteiger partial charge in [-0.25, -0.2) is 4.79 Å². The minimum absolute atomic E-state index is 0.0735. The number of carbonyl (C=O) groups excluding carboxylic acids is 1. The third-order valence-corrected chi connectivity index (χ3v) is 2.27. The minimum atomic E-state index is -1.09. The van der Waals surface area contributed by atoms with E-state index in [0.717, 1.165) is 0 Å². The molecular formula is C12H15NO5. The predicted molar refractivity (Wildman–Crippen MR) is 63.5 cm³/mol. The van der Waals surface area contributed by atoms with Gasteiger partial charge in [-0.15, -0.1) is 0 Å². The Balaban J connectivity index is 2.47. The summed E-state index contributed by atoms with van der Waals surface area (Å²) in [5.74, 6) is -1.53. The number of rotatable bonds is 6. The van der Waals surface area contributed by atoms with Crippen LogP contribution in [0.1, 0.15) is 13.3 Å². The van der Waals surface area contributed by atoms with Crippen LogP contribution in [-0.4, -0.2) is 34.7 Å². The first-order valence-corrected chi connectivity index (χ1v) is 5.47. The summed E-state index contributed by atoms with van der Waals surface area (Å²) in [5.41, 5.74) is 0. The molecule has 1 aromatic rings. The monoisotopic (exact) mass is 253 g/mol. The van der Waals surface area contributed by atoms with E-state index >= 15 is 0 Å². The van der Waals surface area contributed by atoms with E-state index in [4.69, 9.17) is 9.84 Å². The number of ether oxygens (including phenoxy) is 1. The summed E-state index contributed by atoms with van der Waals surface area (Å²) in [6.07, 6.45) is 0.289. The molecule has 18 heavy (non-hydrogen) atoms. The van der Waals surface area contributed by atoms with Crippen molar-refractivity contribution in [3.63, 3.8) is 0 Å². The first-order chi connectivity index (χ1) is 8.54. The number of para-hydroxylation sites is 2. The van der Waals surface area contributed by atoms with Gasteiger partial charge in [-0.05, 0) is 18.6 Å². The summed E-state index contributed by atoms with van der Waals surface area (Å²) >= 11 is 0. The maximum atomic E-state index is 11.4. The van der Waals surface area contributed by atoms with Crippen LogP contribution in [0.3, 0.4) is 0 Å². The van der Waals surface area contributed by atoms with E-state index in [2.05, 4.69) is 5.32 Å². The number of amides is 1. The summed E-state index contributed by atoms with van der Waals surface area (Å²) in [4.78, 5) is 22.1. The number of aromatic hydroxyl groups is 1. The predicted octanol–water partition coefficient (Wildman–Crippen LogP) is 0.750. The van der Waals surface area contributed by atoms with Crippen molar-refractivity contribution in [3.05, 3.63) is 24.3 Å². The smallest absolute Gasteiger partial charge is 0.326 e. The number of nitrogens with one attached hydrogen (secondary N) is 1. The van der Waals surface area contributed by atoms with E-state index in [0.29, 0.717) is 0 Å². The number of hydrogen-bond acceptors (Lipinski definition) is 4. The Kier molecular flexibility index (Phi) is 4.98. The summed E-state index contributed by atoms with van der Waals surface area (Å²) in [5, 5.41) is 20.5. The molecule has 0 saturated heterocycles. The largest absolute Gasteiger partial charge is 0.504 e. The van der Waals surface area contributed by atoms with E-state index in [9.17, 15) is 14.7 Å². The van der Waals surface area contributed by atoms with Crippen LogP contribution in [-0.2, 0) is 9.59 Å². The summed E-state index contributed by atoms with van der Waals surface area (Å²) in [7, 11) is 0. The molecule has 0 saturated carbocycles. The van der Waals surface area contributed by atoms with Gasteiger partial charge in [0, 0.05) is 0 Å². The van der Waals surface area contributed by atoms with Crippen LogP contribution in [0, 0.1) is 0 Å². The molecule has 0 aliphatic rings. The minimum Gasteiger partial charge on any atom is -0.504 e. The number of carboxylic acid groups (broad SMARTS) is 1. The molecule has 1 aromatic carbocycles. The molecule has 3 N–H and O–H groups in total.